The molecule has 56 heavy (non-hydrogen) atoms. The Bertz CT molecular complexity index is 2110. The number of esters is 1. The van der Waals surface area contributed by atoms with Gasteiger partial charge in [0.1, 0.15) is 12.7 Å². The third kappa shape index (κ3) is 15.1. The highest BCUT2D eigenvalue weighted by Crippen LogP contribution is 2.48. The minimum atomic E-state index is -4.21. The quantitative estimate of drug-likeness (QED) is 0.0443. The van der Waals surface area contributed by atoms with Crippen molar-refractivity contribution in [1.29, 1.82) is 0 Å². The Morgan fingerprint density at radius 1 is 0.786 bits per heavy atom. The van der Waals surface area contributed by atoms with Crippen molar-refractivity contribution < 1.29 is 61.2 Å². The zero-order valence-electron chi connectivity index (χ0n) is 31.3. The van der Waals surface area contributed by atoms with Gasteiger partial charge in [0.15, 0.2) is 22.3 Å². The van der Waals surface area contributed by atoms with Crippen LogP contribution in [-0.2, 0) is 59.7 Å². The molecule has 3 atom stereocenters. The Hall–Kier alpha value is -4.74. The van der Waals surface area contributed by atoms with Crippen LogP contribution in [-0.4, -0.2) is 106 Å². The van der Waals surface area contributed by atoms with Gasteiger partial charge < -0.3 is 54.1 Å². The number of nitrogens with one attached hydrogen (secondary N) is 2. The minimum absolute atomic E-state index is 0.0342. The van der Waals surface area contributed by atoms with Gasteiger partial charge in [-0.2, -0.15) is 9.97 Å². The van der Waals surface area contributed by atoms with Crippen LogP contribution in [0.3, 0.4) is 0 Å². The lowest BCUT2D eigenvalue weighted by Crippen LogP contribution is -2.20. The van der Waals surface area contributed by atoms with Crippen LogP contribution >= 0.6 is 15.2 Å². The van der Waals surface area contributed by atoms with E-state index in [2.05, 4.69) is 29.9 Å². The van der Waals surface area contributed by atoms with Gasteiger partial charge in [-0.05, 0) is 33.6 Å². The molecule has 0 aliphatic rings. The van der Waals surface area contributed by atoms with Crippen molar-refractivity contribution >= 4 is 61.5 Å². The molecule has 4 rings (SSSR count). The number of aromatic amines is 2. The predicted molar refractivity (Wildman–Crippen MR) is 196 cm³/mol. The van der Waals surface area contributed by atoms with Gasteiger partial charge in [-0.25, -0.2) is 14.8 Å². The number of hydrogen-bond donors (Lipinski definition) is 6. The van der Waals surface area contributed by atoms with Crippen molar-refractivity contribution in [2.75, 3.05) is 37.7 Å². The van der Waals surface area contributed by atoms with Crippen LogP contribution in [0.2, 0.25) is 0 Å². The number of anilines is 2. The Kier molecular flexibility index (Phi) is 16.7. The monoisotopic (exact) mass is 836 g/mol. The predicted octanol–water partition coefficient (Wildman–Crippen LogP) is 1.60. The first kappa shape index (κ1) is 45.6. The molecular formula is C29H46N10O15P2. The molecule has 4 aromatic rings. The van der Waals surface area contributed by atoms with E-state index in [1.54, 1.807) is 27.7 Å². The van der Waals surface area contributed by atoms with Crippen molar-refractivity contribution in [2.24, 2.45) is 5.92 Å². The van der Waals surface area contributed by atoms with Crippen molar-refractivity contribution in [3.05, 3.63) is 33.4 Å². The first-order chi connectivity index (χ1) is 26.1. The van der Waals surface area contributed by atoms with Crippen molar-refractivity contribution in [3.8, 4) is 0 Å². The normalized spacial score (nSPS) is 14.0. The fourth-order valence-corrected chi connectivity index (χ4v) is 5.90. The van der Waals surface area contributed by atoms with E-state index in [1.165, 1.54) is 21.8 Å². The van der Waals surface area contributed by atoms with Crippen LogP contribution in [0, 0.1) is 5.92 Å². The number of nitrogens with zero attached hydrogens (tertiary/aromatic N) is 6. The zero-order valence-corrected chi connectivity index (χ0v) is 33.1. The lowest BCUT2D eigenvalue weighted by atomic mass is 10.1. The molecule has 0 radical (unpaired) electrons. The van der Waals surface area contributed by atoms with Gasteiger partial charge in [-0.3, -0.25) is 42.5 Å². The molecule has 0 spiro atoms. The highest BCUT2D eigenvalue weighted by Gasteiger charge is 2.29. The van der Waals surface area contributed by atoms with Crippen LogP contribution in [0.15, 0.2) is 22.2 Å². The minimum Gasteiger partial charge on any atom is -0.438 e. The summed E-state index contributed by atoms with van der Waals surface area (Å²) in [4.78, 5) is 84.9. The zero-order chi connectivity index (χ0) is 41.8. The summed E-state index contributed by atoms with van der Waals surface area (Å²) in [7, 11) is -8.27. The smallest absolute Gasteiger partial charge is 0.438 e. The molecule has 0 fully saturated rings. The van der Waals surface area contributed by atoms with Crippen LogP contribution in [0.25, 0.3) is 22.3 Å². The molecule has 1 unspecified atom stereocenters. The summed E-state index contributed by atoms with van der Waals surface area (Å²) in [6, 6.07) is 0. The maximum absolute atomic E-state index is 13.1. The summed E-state index contributed by atoms with van der Waals surface area (Å²) in [5.41, 5.74) is 10.9. The van der Waals surface area contributed by atoms with Gasteiger partial charge >= 0.3 is 27.3 Å². The average molecular weight is 837 g/mol. The highest BCUT2D eigenvalue weighted by atomic mass is 31.2. The standard InChI is InChI=1S/C20H32N5O10P.C9H14N5O5P/c1-12(2)6-15(26)30-9-33-36(29,34-10-31-20(28)35-13(3)4)11-32-14(5)7-25-8-22-16-17(25)23-19(21)24-18(16)27;1-5(19-4-20(16,17)18)2-14-3-11-6-7(14)12-9(10)13-8(6)15/h8,12-14H,6-7,9-11H2,1-5H3,(H3,21,23,24,27);3,5H,2,4H2,1H3,(H2,16,17,18)(H3,10,12,13,15)/t14-,36?;5-/m11/s1. The van der Waals surface area contributed by atoms with E-state index in [-0.39, 0.29) is 59.7 Å². The molecule has 0 saturated carbocycles. The number of nitrogens with two attached hydrogens (primary N) is 2. The molecule has 0 aromatic carbocycles. The van der Waals surface area contributed by atoms with Crippen molar-refractivity contribution in [2.45, 2.75) is 79.4 Å². The largest absolute Gasteiger partial charge is 0.510 e. The summed E-state index contributed by atoms with van der Waals surface area (Å²) in [5.74, 6) is -0.591. The molecule has 0 saturated heterocycles. The molecule has 8 N–H and O–H groups in total. The number of hydrogen-bond acceptors (Lipinski definition) is 19. The van der Waals surface area contributed by atoms with E-state index < -0.39 is 83.0 Å². The Balaban J connectivity index is 0.000000353. The molecule has 0 amide bonds. The van der Waals surface area contributed by atoms with E-state index in [0.29, 0.717) is 0 Å². The number of aromatic nitrogens is 8. The van der Waals surface area contributed by atoms with E-state index in [9.17, 15) is 28.3 Å². The molecule has 312 valence electrons. The maximum atomic E-state index is 13.1. The molecule has 25 nitrogen and oxygen atoms in total. The number of carbonyl (C=O) groups excluding carboxylic acids is 2. The molecular weight excluding hydrogens is 790 g/mol. The Morgan fingerprint density at radius 3 is 1.70 bits per heavy atom. The third-order valence-corrected chi connectivity index (χ3v) is 8.69. The fraction of sp³-hybridized carbons (Fsp3) is 0.586. The number of carbonyl (C=O) groups is 2. The Labute approximate surface area is 318 Å². The number of ether oxygens (including phenoxy) is 5. The van der Waals surface area contributed by atoms with Gasteiger partial charge in [0.2, 0.25) is 25.5 Å². The number of nitrogen functional groups attached to an aromatic ring is 2. The summed E-state index contributed by atoms with van der Waals surface area (Å²) in [6.45, 7) is 9.20. The SMILES string of the molecule is CC(C)CC(=O)OCOP(=O)(CO[C@H](C)Cn1cnc2c(=O)[nH]c(N)nc21)OCOC(=O)OC(C)C.C[C@H](Cn1cnc2c(=O)[nH]c(N)nc21)OCP(=O)(O)O. The van der Waals surface area contributed by atoms with E-state index in [0.717, 1.165) is 0 Å². The molecule has 4 heterocycles. The second kappa shape index (κ2) is 20.4. The summed E-state index contributed by atoms with van der Waals surface area (Å²) < 4.78 is 62.3. The van der Waals surface area contributed by atoms with Gasteiger partial charge in [0, 0.05) is 6.42 Å². The molecule has 0 bridgehead atoms. The first-order valence-corrected chi connectivity index (χ1v) is 20.2. The van der Waals surface area contributed by atoms with Gasteiger partial charge in [0.05, 0.1) is 44.1 Å². The van der Waals surface area contributed by atoms with E-state index in [1.807, 2.05) is 13.8 Å². The molecule has 0 aliphatic carbocycles. The van der Waals surface area contributed by atoms with Crippen molar-refractivity contribution in [1.82, 2.24) is 39.0 Å². The van der Waals surface area contributed by atoms with Crippen LogP contribution < -0.4 is 22.6 Å². The molecule has 4 aromatic heterocycles. The van der Waals surface area contributed by atoms with E-state index in [4.69, 9.17) is 54.0 Å². The Morgan fingerprint density at radius 2 is 1.25 bits per heavy atom. The van der Waals surface area contributed by atoms with Crippen LogP contribution in [0.4, 0.5) is 16.7 Å². The lowest BCUT2D eigenvalue weighted by molar-refractivity contribution is -0.151. The topological polar surface area (TPSA) is 353 Å². The van der Waals surface area contributed by atoms with E-state index >= 15 is 0 Å². The number of H-pyrrole nitrogens is 2. The molecule has 0 aliphatic heterocycles. The third-order valence-electron chi connectivity index (χ3n) is 6.74. The first-order valence-electron chi connectivity index (χ1n) is 16.7. The number of fused-ring (bicyclic) bond motifs is 2. The lowest BCUT2D eigenvalue weighted by Gasteiger charge is -2.21. The van der Waals surface area contributed by atoms with Crippen LogP contribution in [0.5, 0.6) is 0 Å². The second-order valence-electron chi connectivity index (χ2n) is 12.7. The van der Waals surface area contributed by atoms with Crippen LogP contribution in [0.1, 0.15) is 48.0 Å². The summed E-state index contributed by atoms with van der Waals surface area (Å²) >= 11 is 0. The van der Waals surface area contributed by atoms with Gasteiger partial charge in [0.25, 0.3) is 11.1 Å². The average Bonchev–Trinajstić information content (AvgIpc) is 3.66. The number of imidazole rings is 2. The summed E-state index contributed by atoms with van der Waals surface area (Å²) in [6.07, 6.45) is -0.856. The second-order valence-corrected chi connectivity index (χ2v) is 16.3. The van der Waals surface area contributed by atoms with Gasteiger partial charge in [-0.1, -0.05) is 13.8 Å². The molecule has 27 heteroatoms. The van der Waals surface area contributed by atoms with Crippen molar-refractivity contribution in [3.63, 3.8) is 0 Å². The summed E-state index contributed by atoms with van der Waals surface area (Å²) in [5, 5.41) is 0. The fourth-order valence-electron chi connectivity index (χ4n) is 4.37. The number of rotatable bonds is 19. The maximum Gasteiger partial charge on any atom is 0.510 e. The highest BCUT2D eigenvalue weighted by molar-refractivity contribution is 7.53. The van der Waals surface area contributed by atoms with Gasteiger partial charge in [-0.15, -0.1) is 0 Å².